The van der Waals surface area contributed by atoms with Gasteiger partial charge in [-0.25, -0.2) is 4.79 Å². The standard InChI is InChI=1S/C14H24N4O3/c1-4-20-14(19)12-8-16-17(3)13(12)10-18-5-6-21-11(9-18)7-15-2/h8,11,15H,4-7,9-10H2,1-3H3. The van der Waals surface area contributed by atoms with Crippen molar-refractivity contribution in [1.82, 2.24) is 20.0 Å². The van der Waals surface area contributed by atoms with Crippen LogP contribution in [-0.4, -0.2) is 66.6 Å². The third-order valence-corrected chi connectivity index (χ3v) is 3.58. The zero-order valence-corrected chi connectivity index (χ0v) is 13.0. The van der Waals surface area contributed by atoms with Crippen molar-refractivity contribution in [2.75, 3.05) is 39.9 Å². The molecule has 0 aromatic carbocycles. The number of aryl methyl sites for hydroxylation is 1. The Labute approximate surface area is 125 Å². The van der Waals surface area contributed by atoms with Gasteiger partial charge in [-0.2, -0.15) is 5.10 Å². The van der Waals surface area contributed by atoms with Crippen molar-refractivity contribution >= 4 is 5.97 Å². The van der Waals surface area contributed by atoms with E-state index in [4.69, 9.17) is 9.47 Å². The van der Waals surface area contributed by atoms with Gasteiger partial charge in [0.15, 0.2) is 0 Å². The minimum absolute atomic E-state index is 0.183. The van der Waals surface area contributed by atoms with Gasteiger partial charge in [-0.1, -0.05) is 0 Å². The second kappa shape index (κ2) is 7.53. The number of ether oxygens (including phenoxy) is 2. The van der Waals surface area contributed by atoms with Gasteiger partial charge >= 0.3 is 5.97 Å². The third kappa shape index (κ3) is 4.03. The molecule has 1 atom stereocenters. The molecule has 0 amide bonds. The maximum Gasteiger partial charge on any atom is 0.341 e. The van der Waals surface area contributed by atoms with Crippen molar-refractivity contribution < 1.29 is 14.3 Å². The molecular formula is C14H24N4O3. The maximum absolute atomic E-state index is 12.0. The molecule has 1 N–H and O–H groups in total. The second-order valence-electron chi connectivity index (χ2n) is 5.13. The summed E-state index contributed by atoms with van der Waals surface area (Å²) in [6, 6.07) is 0. The molecule has 118 valence electrons. The van der Waals surface area contributed by atoms with E-state index in [0.717, 1.165) is 25.3 Å². The number of morpholine rings is 1. The predicted molar refractivity (Wildman–Crippen MR) is 78.1 cm³/mol. The molecule has 2 heterocycles. The van der Waals surface area contributed by atoms with Crippen molar-refractivity contribution in [2.24, 2.45) is 7.05 Å². The number of nitrogens with one attached hydrogen (secondary N) is 1. The van der Waals surface area contributed by atoms with Gasteiger partial charge in [0.25, 0.3) is 0 Å². The summed E-state index contributed by atoms with van der Waals surface area (Å²) in [5.74, 6) is -0.305. The van der Waals surface area contributed by atoms with E-state index in [1.807, 2.05) is 14.1 Å². The molecule has 0 bridgehead atoms. The number of nitrogens with zero attached hydrogens (tertiary/aromatic N) is 3. The van der Waals surface area contributed by atoms with E-state index in [1.54, 1.807) is 17.8 Å². The first-order valence-corrected chi connectivity index (χ1v) is 7.32. The third-order valence-electron chi connectivity index (χ3n) is 3.58. The lowest BCUT2D eigenvalue weighted by molar-refractivity contribution is -0.0298. The number of likely N-dealkylation sites (N-methyl/N-ethyl adjacent to an activating group) is 1. The van der Waals surface area contributed by atoms with E-state index in [1.165, 1.54) is 0 Å². The van der Waals surface area contributed by atoms with Crippen LogP contribution in [0.1, 0.15) is 23.0 Å². The highest BCUT2D eigenvalue weighted by molar-refractivity contribution is 5.90. The molecule has 0 spiro atoms. The Balaban J connectivity index is 2.05. The lowest BCUT2D eigenvalue weighted by atomic mass is 10.2. The summed E-state index contributed by atoms with van der Waals surface area (Å²) < 4.78 is 12.5. The second-order valence-corrected chi connectivity index (χ2v) is 5.13. The molecular weight excluding hydrogens is 272 g/mol. The van der Waals surface area contributed by atoms with E-state index in [2.05, 4.69) is 15.3 Å². The van der Waals surface area contributed by atoms with Gasteiger partial charge in [0.1, 0.15) is 5.56 Å². The highest BCUT2D eigenvalue weighted by Gasteiger charge is 2.24. The molecule has 21 heavy (non-hydrogen) atoms. The summed E-state index contributed by atoms with van der Waals surface area (Å²) in [5.41, 5.74) is 1.44. The Morgan fingerprint density at radius 3 is 3.14 bits per heavy atom. The maximum atomic E-state index is 12.0. The quantitative estimate of drug-likeness (QED) is 0.746. The van der Waals surface area contributed by atoms with Crippen LogP contribution in [0.15, 0.2) is 6.20 Å². The van der Waals surface area contributed by atoms with Gasteiger partial charge in [-0.05, 0) is 14.0 Å². The Bertz CT molecular complexity index is 473. The van der Waals surface area contributed by atoms with Crippen LogP contribution >= 0.6 is 0 Å². The highest BCUT2D eigenvalue weighted by Crippen LogP contribution is 2.15. The topological polar surface area (TPSA) is 68.6 Å². The van der Waals surface area contributed by atoms with Crippen LogP contribution in [-0.2, 0) is 23.1 Å². The minimum atomic E-state index is -0.305. The zero-order valence-electron chi connectivity index (χ0n) is 13.0. The van der Waals surface area contributed by atoms with Crippen molar-refractivity contribution in [3.05, 3.63) is 17.5 Å². The smallest absolute Gasteiger partial charge is 0.341 e. The fraction of sp³-hybridized carbons (Fsp3) is 0.714. The van der Waals surface area contributed by atoms with E-state index in [0.29, 0.717) is 25.3 Å². The number of hydrogen-bond donors (Lipinski definition) is 1. The van der Waals surface area contributed by atoms with Crippen LogP contribution in [0.5, 0.6) is 0 Å². The normalized spacial score (nSPS) is 19.7. The molecule has 1 aliphatic rings. The van der Waals surface area contributed by atoms with Crippen LogP contribution in [0, 0.1) is 0 Å². The number of hydrogen-bond acceptors (Lipinski definition) is 6. The Hall–Kier alpha value is -1.44. The van der Waals surface area contributed by atoms with E-state index in [9.17, 15) is 4.79 Å². The lowest BCUT2D eigenvalue weighted by Crippen LogP contribution is -2.46. The monoisotopic (exact) mass is 296 g/mol. The first-order chi connectivity index (χ1) is 10.2. The van der Waals surface area contributed by atoms with Crippen molar-refractivity contribution in [2.45, 2.75) is 19.6 Å². The van der Waals surface area contributed by atoms with Crippen LogP contribution in [0.3, 0.4) is 0 Å². The minimum Gasteiger partial charge on any atom is -0.462 e. The Morgan fingerprint density at radius 1 is 1.62 bits per heavy atom. The van der Waals surface area contributed by atoms with E-state index < -0.39 is 0 Å². The van der Waals surface area contributed by atoms with E-state index in [-0.39, 0.29) is 12.1 Å². The number of carbonyl (C=O) groups is 1. The molecule has 1 saturated heterocycles. The van der Waals surface area contributed by atoms with Crippen LogP contribution in [0.4, 0.5) is 0 Å². The molecule has 7 nitrogen and oxygen atoms in total. The summed E-state index contributed by atoms with van der Waals surface area (Å²) in [4.78, 5) is 14.2. The van der Waals surface area contributed by atoms with Crippen LogP contribution < -0.4 is 5.32 Å². The van der Waals surface area contributed by atoms with Crippen molar-refractivity contribution in [3.8, 4) is 0 Å². The summed E-state index contributed by atoms with van der Waals surface area (Å²) >= 11 is 0. The molecule has 0 saturated carbocycles. The number of aromatic nitrogens is 2. The van der Waals surface area contributed by atoms with Gasteiger partial charge in [-0.3, -0.25) is 9.58 Å². The lowest BCUT2D eigenvalue weighted by Gasteiger charge is -2.32. The van der Waals surface area contributed by atoms with Gasteiger partial charge in [0.2, 0.25) is 0 Å². The molecule has 0 aliphatic carbocycles. The van der Waals surface area contributed by atoms with Crippen molar-refractivity contribution in [3.63, 3.8) is 0 Å². The summed E-state index contributed by atoms with van der Waals surface area (Å²) in [5, 5.41) is 7.32. The Morgan fingerprint density at radius 2 is 2.43 bits per heavy atom. The van der Waals surface area contributed by atoms with Crippen molar-refractivity contribution in [1.29, 1.82) is 0 Å². The molecule has 0 radical (unpaired) electrons. The first kappa shape index (κ1) is 15.9. The van der Waals surface area contributed by atoms with Crippen LogP contribution in [0.2, 0.25) is 0 Å². The summed E-state index contributed by atoms with van der Waals surface area (Å²) in [6.45, 7) is 6.08. The molecule has 1 aromatic rings. The van der Waals surface area contributed by atoms with Gasteiger partial charge in [0, 0.05) is 33.2 Å². The predicted octanol–water partition coefficient (Wildman–Crippen LogP) is 0.0170. The largest absolute Gasteiger partial charge is 0.462 e. The van der Waals surface area contributed by atoms with Crippen LogP contribution in [0.25, 0.3) is 0 Å². The average Bonchev–Trinajstić information content (AvgIpc) is 2.81. The van der Waals surface area contributed by atoms with Gasteiger partial charge in [-0.15, -0.1) is 0 Å². The highest BCUT2D eigenvalue weighted by atomic mass is 16.5. The molecule has 7 heteroatoms. The number of rotatable bonds is 6. The number of esters is 1. The fourth-order valence-corrected chi connectivity index (χ4v) is 2.52. The Kier molecular flexibility index (Phi) is 5.72. The zero-order chi connectivity index (χ0) is 15.2. The summed E-state index contributed by atoms with van der Waals surface area (Å²) in [7, 11) is 3.77. The summed E-state index contributed by atoms with van der Waals surface area (Å²) in [6.07, 6.45) is 1.77. The molecule has 2 rings (SSSR count). The number of carbonyl (C=O) groups excluding carboxylic acids is 1. The first-order valence-electron chi connectivity index (χ1n) is 7.32. The van der Waals surface area contributed by atoms with E-state index >= 15 is 0 Å². The fourth-order valence-electron chi connectivity index (χ4n) is 2.52. The SMILES string of the molecule is CCOC(=O)c1cnn(C)c1CN1CCOC(CNC)C1. The molecule has 1 aromatic heterocycles. The molecule has 1 fully saturated rings. The average molecular weight is 296 g/mol. The van der Waals surface area contributed by atoms with Gasteiger partial charge in [0.05, 0.1) is 31.2 Å². The molecule has 1 unspecified atom stereocenters. The molecule has 1 aliphatic heterocycles. The van der Waals surface area contributed by atoms with Gasteiger partial charge < -0.3 is 14.8 Å².